The molecule has 3 rings (SSSR count). The first kappa shape index (κ1) is 23.8. The summed E-state index contributed by atoms with van der Waals surface area (Å²) in [5.41, 5.74) is 0.534. The van der Waals surface area contributed by atoms with Crippen molar-refractivity contribution in [3.05, 3.63) is 24.3 Å². The van der Waals surface area contributed by atoms with E-state index >= 15 is 0 Å². The van der Waals surface area contributed by atoms with E-state index in [1.165, 1.54) is 21.3 Å². The van der Waals surface area contributed by atoms with Crippen molar-refractivity contribution in [1.29, 1.82) is 0 Å². The van der Waals surface area contributed by atoms with Crippen molar-refractivity contribution in [3.63, 3.8) is 0 Å². The summed E-state index contributed by atoms with van der Waals surface area (Å²) in [5, 5.41) is 5.44. The third-order valence-electron chi connectivity index (χ3n) is 4.54. The maximum absolute atomic E-state index is 12.5. The Hall–Kier alpha value is -2.50. The monoisotopic (exact) mass is 439 g/mol. The van der Waals surface area contributed by atoms with E-state index in [9.17, 15) is 22.8 Å². The van der Waals surface area contributed by atoms with Gasteiger partial charge in [0.15, 0.2) is 0 Å². The Morgan fingerprint density at radius 2 is 1.77 bits per heavy atom. The van der Waals surface area contributed by atoms with Crippen LogP contribution in [-0.2, 0) is 24.4 Å². The molecular weight excluding hydrogens is 410 g/mol. The summed E-state index contributed by atoms with van der Waals surface area (Å²) < 4.78 is 26.4. The molecule has 0 bridgehead atoms. The number of piperazine rings is 1. The first-order valence-electron chi connectivity index (χ1n) is 9.73. The minimum Gasteiger partial charge on any atom is -0.354 e. The number of sulfonamides is 1. The van der Waals surface area contributed by atoms with E-state index in [0.29, 0.717) is 31.9 Å². The lowest BCUT2D eigenvalue weighted by atomic mass is 10.3. The van der Waals surface area contributed by atoms with Crippen LogP contribution in [0.5, 0.6) is 0 Å². The highest BCUT2D eigenvalue weighted by molar-refractivity contribution is 7.89. The van der Waals surface area contributed by atoms with E-state index in [-0.39, 0.29) is 29.8 Å². The molecule has 2 aliphatic heterocycles. The Kier molecular flexibility index (Phi) is 8.75. The minimum atomic E-state index is -3.44. The Balaban J connectivity index is 0.000000575. The van der Waals surface area contributed by atoms with Gasteiger partial charge in [-0.3, -0.25) is 19.3 Å². The average molecular weight is 440 g/mol. The molecule has 3 amide bonds. The highest BCUT2D eigenvalue weighted by Crippen LogP contribution is 2.22. The number of amides is 3. The Morgan fingerprint density at radius 1 is 1.17 bits per heavy atom. The van der Waals surface area contributed by atoms with Gasteiger partial charge in [0.1, 0.15) is 0 Å². The van der Waals surface area contributed by atoms with E-state index in [1.54, 1.807) is 31.1 Å². The molecule has 0 unspecified atom stereocenters. The fourth-order valence-corrected chi connectivity index (χ4v) is 4.53. The summed E-state index contributed by atoms with van der Waals surface area (Å²) in [6.07, 6.45) is 2.53. The quantitative estimate of drug-likeness (QED) is 0.580. The zero-order chi connectivity index (χ0) is 22.1. The van der Waals surface area contributed by atoms with Gasteiger partial charge in [-0.05, 0) is 37.1 Å². The second-order valence-corrected chi connectivity index (χ2v) is 9.25. The van der Waals surface area contributed by atoms with Crippen molar-refractivity contribution in [2.75, 3.05) is 58.7 Å². The lowest BCUT2D eigenvalue weighted by Gasteiger charge is -2.25. The van der Waals surface area contributed by atoms with E-state index < -0.39 is 10.0 Å². The highest BCUT2D eigenvalue weighted by Gasteiger charge is 2.27. The lowest BCUT2D eigenvalue weighted by molar-refractivity contribution is -0.125. The van der Waals surface area contributed by atoms with Crippen LogP contribution in [0.25, 0.3) is 0 Å². The molecule has 0 aromatic heterocycles. The summed E-state index contributed by atoms with van der Waals surface area (Å²) in [5.74, 6) is -0.319. The normalized spacial score (nSPS) is 17.5. The third kappa shape index (κ3) is 7.08. The van der Waals surface area contributed by atoms with Gasteiger partial charge in [-0.1, -0.05) is 0 Å². The second kappa shape index (κ2) is 11.0. The van der Waals surface area contributed by atoms with Crippen LogP contribution >= 0.6 is 0 Å². The number of nitrogens with zero attached hydrogens (tertiary/aromatic N) is 3. The van der Waals surface area contributed by atoms with Crippen LogP contribution in [0.3, 0.4) is 0 Å². The molecule has 1 aromatic carbocycles. The van der Waals surface area contributed by atoms with Gasteiger partial charge < -0.3 is 15.5 Å². The zero-order valence-corrected chi connectivity index (χ0v) is 18.2. The Labute approximate surface area is 177 Å². The minimum absolute atomic E-state index is 0.0875. The number of hydrogen-bond donors (Lipinski definition) is 2. The molecule has 0 aliphatic carbocycles. The van der Waals surface area contributed by atoms with Crippen LogP contribution in [0.2, 0.25) is 0 Å². The van der Waals surface area contributed by atoms with E-state index in [0.717, 1.165) is 19.3 Å². The van der Waals surface area contributed by atoms with Crippen LogP contribution in [-0.4, -0.2) is 94.1 Å². The van der Waals surface area contributed by atoms with Crippen LogP contribution < -0.4 is 10.6 Å². The van der Waals surface area contributed by atoms with Crippen LogP contribution in [0.4, 0.5) is 5.69 Å². The average Bonchev–Trinajstić information content (AvgIpc) is 3.24. The smallest absolute Gasteiger partial charge is 0.243 e. The van der Waals surface area contributed by atoms with Crippen molar-refractivity contribution in [2.45, 2.75) is 17.7 Å². The zero-order valence-electron chi connectivity index (χ0n) is 17.3. The molecule has 1 aromatic rings. The largest absolute Gasteiger partial charge is 0.354 e. The topological polar surface area (TPSA) is 119 Å². The van der Waals surface area contributed by atoms with E-state index in [1.807, 2.05) is 0 Å². The van der Waals surface area contributed by atoms with Gasteiger partial charge >= 0.3 is 0 Å². The number of nitrogens with one attached hydrogen (secondary N) is 2. The van der Waals surface area contributed by atoms with E-state index in [4.69, 9.17) is 0 Å². The summed E-state index contributed by atoms with van der Waals surface area (Å²) in [4.78, 5) is 36.3. The number of carbonyl (C=O) groups is 3. The molecule has 0 atom stereocenters. The van der Waals surface area contributed by atoms with Crippen molar-refractivity contribution in [1.82, 2.24) is 19.4 Å². The van der Waals surface area contributed by atoms with Crippen LogP contribution in [0.15, 0.2) is 29.2 Å². The molecule has 2 N–H and O–H groups in total. The van der Waals surface area contributed by atoms with Crippen molar-refractivity contribution >= 4 is 33.9 Å². The second-order valence-electron chi connectivity index (χ2n) is 7.31. The first-order valence-corrected chi connectivity index (χ1v) is 11.2. The maximum Gasteiger partial charge on any atom is 0.243 e. The maximum atomic E-state index is 12.5. The molecule has 0 saturated carbocycles. The number of benzene rings is 1. The molecule has 2 fully saturated rings. The number of hydrogen-bond acceptors (Lipinski definition) is 6. The molecule has 166 valence electrons. The summed E-state index contributed by atoms with van der Waals surface area (Å²) >= 11 is 0. The molecule has 2 saturated heterocycles. The van der Waals surface area contributed by atoms with Gasteiger partial charge in [0.2, 0.25) is 28.2 Å². The van der Waals surface area contributed by atoms with Crippen molar-refractivity contribution in [2.24, 2.45) is 0 Å². The number of anilines is 1. The molecule has 2 aliphatic rings. The number of rotatable bonds is 6. The van der Waals surface area contributed by atoms with Gasteiger partial charge in [0.25, 0.3) is 0 Å². The standard InChI is InChI=1S/C16H22N4O4S.C3H7NO/c21-15-11-19(10-7-17-15)12-16(22)18-13-3-5-14(6-4-13)25(23,24)20-8-1-2-9-20;1-4(2)3-5/h3-6H,1-2,7-12H2,(H,17,21)(H,18,22);3H,1-2H3. The SMILES string of the molecule is CN(C)C=O.O=C1CN(CC(=O)Nc2ccc(S(=O)(=O)N3CCCC3)cc2)CCN1. The highest BCUT2D eigenvalue weighted by atomic mass is 32.2. The van der Waals surface area contributed by atoms with Gasteiger partial charge in [-0.25, -0.2) is 8.42 Å². The summed E-state index contributed by atoms with van der Waals surface area (Å²) in [6.45, 7) is 2.62. The molecule has 30 heavy (non-hydrogen) atoms. The summed E-state index contributed by atoms with van der Waals surface area (Å²) in [7, 11) is -0.0698. The van der Waals surface area contributed by atoms with E-state index in [2.05, 4.69) is 10.6 Å². The van der Waals surface area contributed by atoms with Gasteiger partial charge in [0, 0.05) is 46.0 Å². The predicted molar refractivity (Wildman–Crippen MR) is 112 cm³/mol. The van der Waals surface area contributed by atoms with Crippen LogP contribution in [0, 0.1) is 0 Å². The Bertz CT molecular complexity index is 835. The van der Waals surface area contributed by atoms with Crippen molar-refractivity contribution in [3.8, 4) is 0 Å². The molecule has 2 heterocycles. The molecule has 10 nitrogen and oxygen atoms in total. The predicted octanol–water partition coefficient (Wildman–Crippen LogP) is -0.454. The molecule has 0 radical (unpaired) electrons. The lowest BCUT2D eigenvalue weighted by Crippen LogP contribution is -2.49. The van der Waals surface area contributed by atoms with Crippen LogP contribution in [0.1, 0.15) is 12.8 Å². The first-order chi connectivity index (χ1) is 14.2. The molecule has 0 spiro atoms. The number of carbonyl (C=O) groups excluding carboxylic acids is 3. The van der Waals surface area contributed by atoms with Gasteiger partial charge in [-0.15, -0.1) is 0 Å². The molecular formula is C19H29N5O5S. The van der Waals surface area contributed by atoms with Crippen molar-refractivity contribution < 1.29 is 22.8 Å². The fourth-order valence-electron chi connectivity index (χ4n) is 3.02. The van der Waals surface area contributed by atoms with Gasteiger partial charge in [0.05, 0.1) is 18.0 Å². The van der Waals surface area contributed by atoms with Gasteiger partial charge in [-0.2, -0.15) is 4.31 Å². The summed E-state index contributed by atoms with van der Waals surface area (Å²) in [6, 6.07) is 6.20. The third-order valence-corrected chi connectivity index (χ3v) is 6.45. The Morgan fingerprint density at radius 3 is 2.30 bits per heavy atom. The fraction of sp³-hybridized carbons (Fsp3) is 0.526. The molecule has 11 heteroatoms.